The Morgan fingerprint density at radius 2 is 2.14 bits per heavy atom. The molecule has 1 aliphatic rings. The Bertz CT molecular complexity index is 666. The molecule has 5 heteroatoms. The van der Waals surface area contributed by atoms with Crippen LogP contribution < -0.4 is 5.32 Å². The Morgan fingerprint density at radius 3 is 2.81 bits per heavy atom. The van der Waals surface area contributed by atoms with E-state index in [9.17, 15) is 0 Å². The lowest BCUT2D eigenvalue weighted by atomic mass is 9.98. The summed E-state index contributed by atoms with van der Waals surface area (Å²) in [5, 5.41) is 7.89. The monoisotopic (exact) mass is 349 g/mol. The van der Waals surface area contributed by atoms with Crippen molar-refractivity contribution in [3.05, 3.63) is 50.8 Å². The Labute approximate surface area is 133 Å². The molecule has 1 atom stereocenters. The summed E-state index contributed by atoms with van der Waals surface area (Å²) < 4.78 is 8.57. The van der Waals surface area contributed by atoms with Gasteiger partial charge in [-0.15, -0.1) is 0 Å². The average Bonchev–Trinajstić information content (AvgIpc) is 3.03. The van der Waals surface area contributed by atoms with Crippen LogP contribution in [0.1, 0.15) is 34.1 Å². The number of nitrogens with zero attached hydrogens (tertiary/aromatic N) is 2. The van der Waals surface area contributed by atoms with Crippen molar-refractivity contribution in [2.75, 3.05) is 7.05 Å². The fourth-order valence-electron chi connectivity index (χ4n) is 2.89. The van der Waals surface area contributed by atoms with Gasteiger partial charge in [0.25, 0.3) is 0 Å². The molecule has 1 aliphatic heterocycles. The van der Waals surface area contributed by atoms with Crippen molar-refractivity contribution in [1.82, 2.24) is 15.1 Å². The van der Waals surface area contributed by atoms with Crippen molar-refractivity contribution in [3.8, 4) is 0 Å². The summed E-state index contributed by atoms with van der Waals surface area (Å²) in [7, 11) is 4.00. The molecule has 1 aromatic carbocycles. The first-order valence-electron chi connectivity index (χ1n) is 7.15. The van der Waals surface area contributed by atoms with E-state index < -0.39 is 0 Å². The van der Waals surface area contributed by atoms with Crippen molar-refractivity contribution in [3.63, 3.8) is 0 Å². The third kappa shape index (κ3) is 2.78. The molecular formula is C16H20BrN3O. The van der Waals surface area contributed by atoms with E-state index in [1.807, 2.05) is 25.7 Å². The second-order valence-corrected chi connectivity index (χ2v) is 6.33. The van der Waals surface area contributed by atoms with Crippen molar-refractivity contribution in [2.45, 2.75) is 32.6 Å². The number of hydrogen-bond acceptors (Lipinski definition) is 3. The lowest BCUT2D eigenvalue weighted by molar-refractivity contribution is 0.134. The molecule has 0 amide bonds. The number of aromatic nitrogens is 2. The summed E-state index contributed by atoms with van der Waals surface area (Å²) in [6.45, 7) is 3.50. The third-order valence-electron chi connectivity index (χ3n) is 4.16. The smallest absolute Gasteiger partial charge is 0.0738 e. The van der Waals surface area contributed by atoms with E-state index in [4.69, 9.17) is 4.74 Å². The molecule has 0 aliphatic carbocycles. The molecule has 21 heavy (non-hydrogen) atoms. The predicted octanol–water partition coefficient (Wildman–Crippen LogP) is 3.02. The fourth-order valence-corrected chi connectivity index (χ4v) is 3.39. The Morgan fingerprint density at radius 1 is 1.38 bits per heavy atom. The first kappa shape index (κ1) is 14.8. The molecule has 0 fully saturated rings. The van der Waals surface area contributed by atoms with Crippen LogP contribution in [0.3, 0.4) is 0 Å². The Hall–Kier alpha value is -1.17. The number of aryl methyl sites for hydroxylation is 2. The number of hydrogen-bond donors (Lipinski definition) is 1. The Balaban J connectivity index is 1.88. The van der Waals surface area contributed by atoms with Crippen LogP contribution in [0.25, 0.3) is 0 Å². The zero-order valence-electron chi connectivity index (χ0n) is 12.6. The molecule has 1 N–H and O–H groups in total. The first-order valence-corrected chi connectivity index (χ1v) is 7.94. The maximum absolute atomic E-state index is 5.50. The van der Waals surface area contributed by atoms with Crippen molar-refractivity contribution >= 4 is 15.9 Å². The number of rotatable bonds is 4. The molecule has 2 heterocycles. The molecular weight excluding hydrogens is 330 g/mol. The highest BCUT2D eigenvalue weighted by atomic mass is 79.9. The molecule has 3 rings (SSSR count). The van der Waals surface area contributed by atoms with E-state index in [1.165, 1.54) is 22.4 Å². The van der Waals surface area contributed by atoms with E-state index >= 15 is 0 Å². The number of fused-ring (bicyclic) bond motifs is 1. The van der Waals surface area contributed by atoms with Crippen LogP contribution in [0, 0.1) is 6.92 Å². The minimum Gasteiger partial charge on any atom is -0.372 e. The van der Waals surface area contributed by atoms with Crippen LogP contribution in [0.5, 0.6) is 0 Å². The molecule has 0 saturated heterocycles. The number of ether oxygens (including phenoxy) is 1. The molecule has 112 valence electrons. The minimum absolute atomic E-state index is 0.266. The molecule has 0 saturated carbocycles. The minimum atomic E-state index is 0.266. The van der Waals surface area contributed by atoms with Crippen molar-refractivity contribution in [2.24, 2.45) is 7.05 Å². The summed E-state index contributed by atoms with van der Waals surface area (Å²) in [6, 6.07) is 6.92. The molecule has 0 radical (unpaired) electrons. The summed E-state index contributed by atoms with van der Waals surface area (Å²) in [6.07, 6.45) is 0.897. The molecule has 0 spiro atoms. The van der Waals surface area contributed by atoms with Gasteiger partial charge in [0.15, 0.2) is 0 Å². The van der Waals surface area contributed by atoms with Crippen LogP contribution in [-0.4, -0.2) is 16.8 Å². The molecule has 4 nitrogen and oxygen atoms in total. The van der Waals surface area contributed by atoms with Gasteiger partial charge in [-0.1, -0.05) is 18.2 Å². The van der Waals surface area contributed by atoms with Crippen LogP contribution in [0.4, 0.5) is 0 Å². The van der Waals surface area contributed by atoms with Crippen molar-refractivity contribution < 1.29 is 4.74 Å². The maximum Gasteiger partial charge on any atom is 0.0738 e. The summed E-state index contributed by atoms with van der Waals surface area (Å²) in [4.78, 5) is 0. The van der Waals surface area contributed by atoms with Crippen molar-refractivity contribution in [1.29, 1.82) is 0 Å². The topological polar surface area (TPSA) is 39.1 Å². The number of likely N-dealkylation sites (N-methyl/N-ethyl adjacent to an activating group) is 1. The maximum atomic E-state index is 5.50. The SMILES string of the molecule is CNC(Cc1c(Br)c(C)nn1C)c1ccc2c(c1)COC2. The Kier molecular flexibility index (Phi) is 4.15. The molecule has 1 aromatic heterocycles. The van der Waals surface area contributed by atoms with Gasteiger partial charge < -0.3 is 10.1 Å². The highest BCUT2D eigenvalue weighted by Crippen LogP contribution is 2.28. The number of nitrogens with one attached hydrogen (secondary N) is 1. The number of halogens is 1. The van der Waals surface area contributed by atoms with E-state index in [-0.39, 0.29) is 6.04 Å². The van der Waals surface area contributed by atoms with Gasteiger partial charge in [-0.05, 0) is 46.6 Å². The summed E-state index contributed by atoms with van der Waals surface area (Å²) >= 11 is 3.65. The fraction of sp³-hybridized carbons (Fsp3) is 0.438. The first-order chi connectivity index (χ1) is 10.1. The van der Waals surface area contributed by atoms with Gasteiger partial charge >= 0.3 is 0 Å². The van der Waals surface area contributed by atoms with Gasteiger partial charge in [-0.2, -0.15) is 5.10 Å². The predicted molar refractivity (Wildman–Crippen MR) is 86.1 cm³/mol. The van der Waals surface area contributed by atoms with Crippen LogP contribution in [-0.2, 0) is 31.4 Å². The molecule has 1 unspecified atom stereocenters. The highest BCUT2D eigenvalue weighted by molar-refractivity contribution is 9.10. The van der Waals surface area contributed by atoms with Gasteiger partial charge in [-0.3, -0.25) is 4.68 Å². The normalized spacial score (nSPS) is 15.2. The van der Waals surface area contributed by atoms with E-state index in [0.717, 1.165) is 29.8 Å². The summed E-state index contributed by atoms with van der Waals surface area (Å²) in [5.41, 5.74) is 6.17. The van der Waals surface area contributed by atoms with E-state index in [0.29, 0.717) is 0 Å². The van der Waals surface area contributed by atoms with Gasteiger partial charge in [0.1, 0.15) is 0 Å². The highest BCUT2D eigenvalue weighted by Gasteiger charge is 2.19. The lowest BCUT2D eigenvalue weighted by Gasteiger charge is -2.18. The zero-order chi connectivity index (χ0) is 15.0. The largest absolute Gasteiger partial charge is 0.372 e. The average molecular weight is 350 g/mol. The van der Waals surface area contributed by atoms with Gasteiger partial charge in [0.05, 0.1) is 29.1 Å². The molecule has 0 bridgehead atoms. The van der Waals surface area contributed by atoms with E-state index in [1.54, 1.807) is 0 Å². The van der Waals surface area contributed by atoms with Crippen LogP contribution in [0.15, 0.2) is 22.7 Å². The quantitative estimate of drug-likeness (QED) is 0.921. The third-order valence-corrected chi connectivity index (χ3v) is 5.19. The van der Waals surface area contributed by atoms with Gasteiger partial charge in [0.2, 0.25) is 0 Å². The second-order valence-electron chi connectivity index (χ2n) is 5.54. The standard InChI is InChI=1S/C16H20BrN3O/c1-10-16(17)15(20(3)19-10)7-14(18-2)11-4-5-12-8-21-9-13(12)6-11/h4-6,14,18H,7-9H2,1-3H3. The lowest BCUT2D eigenvalue weighted by Crippen LogP contribution is -2.20. The number of benzene rings is 1. The zero-order valence-corrected chi connectivity index (χ0v) is 14.2. The summed E-state index contributed by atoms with van der Waals surface area (Å²) in [5.74, 6) is 0. The van der Waals surface area contributed by atoms with Gasteiger partial charge in [0, 0.05) is 19.5 Å². The van der Waals surface area contributed by atoms with Gasteiger partial charge in [-0.25, -0.2) is 0 Å². The van der Waals surface area contributed by atoms with Crippen LogP contribution >= 0.6 is 15.9 Å². The van der Waals surface area contributed by atoms with Crippen LogP contribution in [0.2, 0.25) is 0 Å². The molecule has 2 aromatic rings. The second kappa shape index (κ2) is 5.91. The van der Waals surface area contributed by atoms with E-state index in [2.05, 4.69) is 44.5 Å².